The first-order valence-corrected chi connectivity index (χ1v) is 7.48. The maximum atomic E-state index is 6.25. The van der Waals surface area contributed by atoms with E-state index in [9.17, 15) is 0 Å². The number of nitrogens with zero attached hydrogens (tertiary/aromatic N) is 1. The Labute approximate surface area is 135 Å². The predicted octanol–water partition coefficient (Wildman–Crippen LogP) is 4.17. The number of pyridine rings is 1. The first kappa shape index (κ1) is 16.1. The van der Waals surface area contributed by atoms with Crippen LogP contribution in [0.3, 0.4) is 0 Å². The molecule has 1 unspecified atom stereocenters. The number of aromatic nitrogens is 1. The van der Waals surface area contributed by atoms with E-state index in [0.717, 1.165) is 16.7 Å². The fraction of sp³-hybridized carbons (Fsp3) is 0.312. The topological polar surface area (TPSA) is 48.1 Å². The predicted molar refractivity (Wildman–Crippen MR) is 87.1 cm³/mol. The molecule has 0 fully saturated rings. The summed E-state index contributed by atoms with van der Waals surface area (Å²) in [6.07, 6.45) is 4.24. The number of halogens is 2. The summed E-state index contributed by atoms with van der Waals surface area (Å²) in [5.74, 6) is 0.639. The van der Waals surface area contributed by atoms with Crippen molar-refractivity contribution in [1.82, 2.24) is 4.98 Å². The number of benzene rings is 1. The van der Waals surface area contributed by atoms with Gasteiger partial charge in [0.2, 0.25) is 0 Å². The van der Waals surface area contributed by atoms with E-state index in [1.807, 2.05) is 26.0 Å². The SMILES string of the molecule is Cc1cncc(COc2c(Cl)cc(Cl)cc2CC(C)N)c1. The van der Waals surface area contributed by atoms with Crippen LogP contribution in [0.25, 0.3) is 0 Å². The highest BCUT2D eigenvalue weighted by atomic mass is 35.5. The number of nitrogens with two attached hydrogens (primary N) is 1. The molecule has 2 N–H and O–H groups in total. The fourth-order valence-corrected chi connectivity index (χ4v) is 2.72. The number of ether oxygens (including phenoxy) is 1. The minimum atomic E-state index is 0.00233. The molecule has 1 aromatic carbocycles. The molecule has 0 aliphatic rings. The normalized spacial score (nSPS) is 12.2. The Bertz CT molecular complexity index is 630. The lowest BCUT2D eigenvalue weighted by atomic mass is 10.1. The van der Waals surface area contributed by atoms with Crippen molar-refractivity contribution in [2.45, 2.75) is 32.9 Å². The van der Waals surface area contributed by atoms with Crippen molar-refractivity contribution in [3.63, 3.8) is 0 Å². The van der Waals surface area contributed by atoms with Gasteiger partial charge >= 0.3 is 0 Å². The molecule has 112 valence electrons. The van der Waals surface area contributed by atoms with Crippen LogP contribution in [0.4, 0.5) is 0 Å². The Morgan fingerprint density at radius 3 is 2.67 bits per heavy atom. The zero-order valence-corrected chi connectivity index (χ0v) is 13.6. The van der Waals surface area contributed by atoms with E-state index in [-0.39, 0.29) is 6.04 Å². The molecule has 5 heteroatoms. The quantitative estimate of drug-likeness (QED) is 0.898. The van der Waals surface area contributed by atoms with Gasteiger partial charge in [0.1, 0.15) is 12.4 Å². The lowest BCUT2D eigenvalue weighted by Gasteiger charge is -2.15. The van der Waals surface area contributed by atoms with Gasteiger partial charge in [0, 0.05) is 29.0 Å². The Morgan fingerprint density at radius 1 is 1.24 bits per heavy atom. The van der Waals surface area contributed by atoms with E-state index in [1.54, 1.807) is 18.5 Å². The van der Waals surface area contributed by atoms with E-state index in [1.165, 1.54) is 0 Å². The molecular formula is C16H18Cl2N2O. The Morgan fingerprint density at radius 2 is 2.00 bits per heavy atom. The van der Waals surface area contributed by atoms with Crippen molar-refractivity contribution in [3.8, 4) is 5.75 Å². The summed E-state index contributed by atoms with van der Waals surface area (Å²) in [6, 6.07) is 5.56. The van der Waals surface area contributed by atoms with Crippen LogP contribution < -0.4 is 10.5 Å². The minimum Gasteiger partial charge on any atom is -0.487 e. The Kier molecular flexibility index (Phi) is 5.45. The van der Waals surface area contributed by atoms with Gasteiger partial charge in [0.05, 0.1) is 5.02 Å². The lowest BCUT2D eigenvalue weighted by Crippen LogP contribution is -2.18. The maximum absolute atomic E-state index is 6.25. The zero-order valence-electron chi connectivity index (χ0n) is 12.1. The molecule has 1 heterocycles. The summed E-state index contributed by atoms with van der Waals surface area (Å²) >= 11 is 12.3. The average molecular weight is 325 g/mol. The smallest absolute Gasteiger partial charge is 0.141 e. The monoisotopic (exact) mass is 324 g/mol. The molecule has 0 amide bonds. The number of hydrogen-bond acceptors (Lipinski definition) is 3. The number of rotatable bonds is 5. The van der Waals surface area contributed by atoms with Gasteiger partial charge in [-0.15, -0.1) is 0 Å². The lowest BCUT2D eigenvalue weighted by molar-refractivity contribution is 0.302. The van der Waals surface area contributed by atoms with Crippen LogP contribution in [-0.2, 0) is 13.0 Å². The largest absolute Gasteiger partial charge is 0.487 e. The van der Waals surface area contributed by atoms with Gasteiger partial charge < -0.3 is 10.5 Å². The van der Waals surface area contributed by atoms with Crippen LogP contribution in [0.2, 0.25) is 10.0 Å². The molecule has 0 saturated carbocycles. The zero-order chi connectivity index (χ0) is 15.4. The molecule has 1 aromatic heterocycles. The summed E-state index contributed by atoms with van der Waals surface area (Å²) in [7, 11) is 0. The molecule has 2 rings (SSSR count). The molecule has 21 heavy (non-hydrogen) atoms. The Balaban J connectivity index is 2.22. The molecule has 0 saturated heterocycles. The third-order valence-corrected chi connectivity index (χ3v) is 3.44. The van der Waals surface area contributed by atoms with Gasteiger partial charge in [-0.1, -0.05) is 23.2 Å². The van der Waals surface area contributed by atoms with Crippen molar-refractivity contribution >= 4 is 23.2 Å². The van der Waals surface area contributed by atoms with E-state index in [2.05, 4.69) is 4.98 Å². The van der Waals surface area contributed by atoms with Crippen LogP contribution in [0.5, 0.6) is 5.75 Å². The van der Waals surface area contributed by atoms with Crippen LogP contribution in [0, 0.1) is 6.92 Å². The third-order valence-electron chi connectivity index (χ3n) is 2.94. The second-order valence-corrected chi connectivity index (χ2v) is 6.06. The van der Waals surface area contributed by atoms with Gasteiger partial charge in [-0.05, 0) is 49.6 Å². The summed E-state index contributed by atoms with van der Waals surface area (Å²) in [5.41, 5.74) is 8.87. The molecule has 2 aromatic rings. The highest BCUT2D eigenvalue weighted by Crippen LogP contribution is 2.33. The van der Waals surface area contributed by atoms with Crippen molar-refractivity contribution in [2.75, 3.05) is 0 Å². The van der Waals surface area contributed by atoms with E-state index in [0.29, 0.717) is 28.8 Å². The number of hydrogen-bond donors (Lipinski definition) is 1. The number of aryl methyl sites for hydroxylation is 1. The second kappa shape index (κ2) is 7.12. The molecule has 0 radical (unpaired) electrons. The Hall–Kier alpha value is -1.29. The third kappa shape index (κ3) is 4.60. The van der Waals surface area contributed by atoms with Crippen LogP contribution in [0.1, 0.15) is 23.6 Å². The fourth-order valence-electron chi connectivity index (χ4n) is 2.13. The molecule has 3 nitrogen and oxygen atoms in total. The maximum Gasteiger partial charge on any atom is 0.141 e. The second-order valence-electron chi connectivity index (χ2n) is 5.22. The van der Waals surface area contributed by atoms with E-state index < -0.39 is 0 Å². The molecule has 0 aliphatic heterocycles. The summed E-state index contributed by atoms with van der Waals surface area (Å²) in [6.45, 7) is 4.33. The summed E-state index contributed by atoms with van der Waals surface area (Å²) in [4.78, 5) is 4.15. The standard InChI is InChI=1S/C16H18Cl2N2O/c1-10-3-12(8-20-7-10)9-21-16-13(4-11(2)19)5-14(17)6-15(16)18/h3,5-8,11H,4,9,19H2,1-2H3. The molecule has 1 atom stereocenters. The van der Waals surface area contributed by atoms with Gasteiger partial charge in [0.15, 0.2) is 0 Å². The molecule has 0 bridgehead atoms. The van der Waals surface area contributed by atoms with Crippen LogP contribution >= 0.6 is 23.2 Å². The van der Waals surface area contributed by atoms with Gasteiger partial charge in [-0.2, -0.15) is 0 Å². The van der Waals surface area contributed by atoms with Crippen molar-refractivity contribution in [1.29, 1.82) is 0 Å². The highest BCUT2D eigenvalue weighted by Gasteiger charge is 2.12. The van der Waals surface area contributed by atoms with Crippen molar-refractivity contribution in [3.05, 3.63) is 57.3 Å². The molecule has 0 spiro atoms. The van der Waals surface area contributed by atoms with Crippen molar-refractivity contribution in [2.24, 2.45) is 5.73 Å². The van der Waals surface area contributed by atoms with E-state index in [4.69, 9.17) is 33.7 Å². The van der Waals surface area contributed by atoms with Gasteiger partial charge in [-0.3, -0.25) is 4.98 Å². The highest BCUT2D eigenvalue weighted by molar-refractivity contribution is 6.35. The first-order valence-electron chi connectivity index (χ1n) is 6.72. The van der Waals surface area contributed by atoms with Crippen LogP contribution in [0.15, 0.2) is 30.6 Å². The van der Waals surface area contributed by atoms with Crippen LogP contribution in [-0.4, -0.2) is 11.0 Å². The average Bonchev–Trinajstić information content (AvgIpc) is 2.36. The first-order chi connectivity index (χ1) is 9.95. The minimum absolute atomic E-state index is 0.00233. The summed E-state index contributed by atoms with van der Waals surface area (Å²) in [5, 5.41) is 1.08. The van der Waals surface area contributed by atoms with Crippen molar-refractivity contribution < 1.29 is 4.74 Å². The van der Waals surface area contributed by atoms with Gasteiger partial charge in [-0.25, -0.2) is 0 Å². The van der Waals surface area contributed by atoms with Gasteiger partial charge in [0.25, 0.3) is 0 Å². The van der Waals surface area contributed by atoms with E-state index >= 15 is 0 Å². The molecule has 0 aliphatic carbocycles. The summed E-state index contributed by atoms with van der Waals surface area (Å²) < 4.78 is 5.88. The molecular weight excluding hydrogens is 307 g/mol.